The summed E-state index contributed by atoms with van der Waals surface area (Å²) in [6.45, 7) is 0.660. The van der Waals surface area contributed by atoms with Crippen LogP contribution < -0.4 is 10.2 Å². The Hall–Kier alpha value is -3.22. The number of rotatable bonds is 9. The van der Waals surface area contributed by atoms with E-state index >= 15 is 0 Å². The van der Waals surface area contributed by atoms with Crippen LogP contribution in [0.5, 0.6) is 5.75 Å². The number of hydrogen-bond donors (Lipinski definition) is 3. The first kappa shape index (κ1) is 20.1. The summed E-state index contributed by atoms with van der Waals surface area (Å²) in [5.41, 5.74) is 1.66. The number of phenols is 1. The van der Waals surface area contributed by atoms with Gasteiger partial charge in [0.25, 0.3) is 0 Å². The normalized spacial score (nSPS) is 11.4. The van der Waals surface area contributed by atoms with Gasteiger partial charge in [-0.25, -0.2) is 9.59 Å². The van der Waals surface area contributed by atoms with Gasteiger partial charge in [0, 0.05) is 25.3 Å². The zero-order valence-corrected chi connectivity index (χ0v) is 15.2. The lowest BCUT2D eigenvalue weighted by Gasteiger charge is -2.21. The third-order valence-electron chi connectivity index (χ3n) is 4.06. The second-order valence-corrected chi connectivity index (χ2v) is 6.18. The fourth-order valence-corrected chi connectivity index (χ4v) is 2.56. The number of benzene rings is 2. The van der Waals surface area contributed by atoms with E-state index in [1.54, 1.807) is 18.2 Å². The first-order valence-electron chi connectivity index (χ1n) is 8.66. The van der Waals surface area contributed by atoms with E-state index in [1.807, 2.05) is 48.3 Å². The van der Waals surface area contributed by atoms with Crippen LogP contribution in [0, 0.1) is 0 Å². The minimum absolute atomic E-state index is 0.0826. The van der Waals surface area contributed by atoms with Gasteiger partial charge in [-0.2, -0.15) is 0 Å². The minimum Gasteiger partial charge on any atom is -0.508 e. The average Bonchev–Trinajstić information content (AvgIpc) is 2.66. The van der Waals surface area contributed by atoms with Gasteiger partial charge < -0.3 is 25.2 Å². The van der Waals surface area contributed by atoms with Crippen molar-refractivity contribution in [1.29, 1.82) is 0 Å². The molecule has 1 unspecified atom stereocenters. The Morgan fingerprint density at radius 2 is 1.89 bits per heavy atom. The molecule has 0 radical (unpaired) electrons. The van der Waals surface area contributed by atoms with E-state index in [2.05, 4.69) is 5.32 Å². The zero-order chi connectivity index (χ0) is 19.6. The summed E-state index contributed by atoms with van der Waals surface area (Å²) in [5, 5.41) is 21.2. The summed E-state index contributed by atoms with van der Waals surface area (Å²) in [5.74, 6) is -0.933. The van der Waals surface area contributed by atoms with Gasteiger partial charge >= 0.3 is 12.1 Å². The summed E-state index contributed by atoms with van der Waals surface area (Å²) < 4.78 is 5.07. The fourth-order valence-electron chi connectivity index (χ4n) is 2.56. The monoisotopic (exact) mass is 372 g/mol. The quantitative estimate of drug-likeness (QED) is 0.626. The topological polar surface area (TPSA) is 99.1 Å². The first-order chi connectivity index (χ1) is 13.0. The summed E-state index contributed by atoms with van der Waals surface area (Å²) in [7, 11) is 1.85. The predicted molar refractivity (Wildman–Crippen MR) is 102 cm³/mol. The number of aromatic hydroxyl groups is 1. The van der Waals surface area contributed by atoms with Crippen molar-refractivity contribution in [2.45, 2.75) is 25.5 Å². The van der Waals surface area contributed by atoms with Gasteiger partial charge in [-0.15, -0.1) is 0 Å². The molecule has 7 heteroatoms. The van der Waals surface area contributed by atoms with E-state index in [0.717, 1.165) is 11.3 Å². The highest BCUT2D eigenvalue weighted by Gasteiger charge is 2.20. The number of nitrogens with zero attached hydrogens (tertiary/aromatic N) is 1. The number of amides is 1. The largest absolute Gasteiger partial charge is 0.508 e. The van der Waals surface area contributed by atoms with E-state index < -0.39 is 18.1 Å². The molecule has 1 amide bonds. The Bertz CT molecular complexity index is 751. The van der Waals surface area contributed by atoms with Crippen LogP contribution in [0.25, 0.3) is 0 Å². The highest BCUT2D eigenvalue weighted by Crippen LogP contribution is 2.19. The van der Waals surface area contributed by atoms with Gasteiger partial charge in [-0.3, -0.25) is 0 Å². The van der Waals surface area contributed by atoms with Crippen LogP contribution in [0.4, 0.5) is 10.5 Å². The van der Waals surface area contributed by atoms with Crippen LogP contribution in [0.2, 0.25) is 0 Å². The number of carboxylic acid groups (broad SMARTS) is 1. The Morgan fingerprint density at radius 1 is 1.15 bits per heavy atom. The molecule has 27 heavy (non-hydrogen) atoms. The summed E-state index contributed by atoms with van der Waals surface area (Å²) >= 11 is 0. The molecule has 0 heterocycles. The van der Waals surface area contributed by atoms with Crippen LogP contribution in [0.15, 0.2) is 54.6 Å². The van der Waals surface area contributed by atoms with Gasteiger partial charge in [0.2, 0.25) is 0 Å². The number of carbonyl (C=O) groups is 2. The molecule has 2 aromatic rings. The fraction of sp³-hybridized carbons (Fsp3) is 0.300. The van der Waals surface area contributed by atoms with E-state index in [0.29, 0.717) is 13.0 Å². The summed E-state index contributed by atoms with van der Waals surface area (Å²) in [6.07, 6.45) is 0.0497. The van der Waals surface area contributed by atoms with Gasteiger partial charge in [-0.05, 0) is 30.5 Å². The molecule has 2 rings (SSSR count). The molecule has 1 atom stereocenters. The van der Waals surface area contributed by atoms with Crippen LogP contribution in [-0.2, 0) is 16.1 Å². The average molecular weight is 372 g/mol. The molecule has 0 saturated heterocycles. The van der Waals surface area contributed by atoms with E-state index in [-0.39, 0.29) is 18.8 Å². The van der Waals surface area contributed by atoms with Gasteiger partial charge in [0.05, 0.1) is 0 Å². The maximum absolute atomic E-state index is 11.9. The molecule has 0 spiro atoms. The molecular weight excluding hydrogens is 348 g/mol. The highest BCUT2D eigenvalue weighted by molar-refractivity contribution is 5.79. The SMILES string of the molecule is CN(CCCC(NC(=O)OCc1ccccc1)C(=O)O)c1cccc(O)c1. The molecule has 0 aliphatic rings. The molecule has 0 fully saturated rings. The highest BCUT2D eigenvalue weighted by atomic mass is 16.5. The smallest absolute Gasteiger partial charge is 0.408 e. The number of anilines is 1. The molecule has 7 nitrogen and oxygen atoms in total. The maximum atomic E-state index is 11.9. The van der Waals surface area contributed by atoms with Gasteiger partial charge in [0.15, 0.2) is 0 Å². The van der Waals surface area contributed by atoms with Crippen molar-refractivity contribution in [2.24, 2.45) is 0 Å². The summed E-state index contributed by atoms with van der Waals surface area (Å²) in [4.78, 5) is 25.1. The van der Waals surface area contributed by atoms with Crippen molar-refractivity contribution in [3.63, 3.8) is 0 Å². The van der Waals surface area contributed by atoms with Crippen molar-refractivity contribution in [2.75, 3.05) is 18.5 Å². The van der Waals surface area contributed by atoms with Crippen LogP contribution in [0.3, 0.4) is 0 Å². The molecule has 0 aliphatic carbocycles. The lowest BCUT2D eigenvalue weighted by molar-refractivity contribution is -0.139. The Balaban J connectivity index is 1.77. The Labute approximate surface area is 158 Å². The number of hydrogen-bond acceptors (Lipinski definition) is 5. The molecule has 144 valence electrons. The molecule has 3 N–H and O–H groups in total. The number of carboxylic acids is 1. The van der Waals surface area contributed by atoms with E-state index in [9.17, 15) is 19.8 Å². The number of aliphatic carboxylic acids is 1. The van der Waals surface area contributed by atoms with Gasteiger partial charge in [0.1, 0.15) is 18.4 Å². The molecule has 0 bridgehead atoms. The van der Waals surface area contributed by atoms with Crippen molar-refractivity contribution >= 4 is 17.7 Å². The third kappa shape index (κ3) is 6.89. The predicted octanol–water partition coefficient (Wildman–Crippen LogP) is 2.99. The number of ether oxygens (including phenoxy) is 1. The van der Waals surface area contributed by atoms with Crippen LogP contribution >= 0.6 is 0 Å². The first-order valence-corrected chi connectivity index (χ1v) is 8.66. The van der Waals surface area contributed by atoms with E-state index in [4.69, 9.17) is 4.74 Å². The number of nitrogens with one attached hydrogen (secondary N) is 1. The summed E-state index contributed by atoms with van der Waals surface area (Å²) in [6, 6.07) is 15.0. The second-order valence-electron chi connectivity index (χ2n) is 6.18. The Morgan fingerprint density at radius 3 is 2.56 bits per heavy atom. The lowest BCUT2D eigenvalue weighted by Crippen LogP contribution is -2.41. The van der Waals surface area contributed by atoms with Crippen LogP contribution in [0.1, 0.15) is 18.4 Å². The zero-order valence-electron chi connectivity index (χ0n) is 15.2. The molecular formula is C20H24N2O5. The Kier molecular flexibility index (Phi) is 7.49. The van der Waals surface area contributed by atoms with Crippen LogP contribution in [-0.4, -0.2) is 41.9 Å². The number of alkyl carbamates (subject to hydrolysis) is 1. The second kappa shape index (κ2) is 10.1. The number of carbonyl (C=O) groups excluding carboxylic acids is 1. The third-order valence-corrected chi connectivity index (χ3v) is 4.06. The van der Waals surface area contributed by atoms with Crippen molar-refractivity contribution in [3.8, 4) is 5.75 Å². The lowest BCUT2D eigenvalue weighted by atomic mass is 10.1. The number of phenolic OH excluding ortho intramolecular Hbond substituents is 1. The molecule has 0 saturated carbocycles. The maximum Gasteiger partial charge on any atom is 0.408 e. The molecule has 0 aromatic heterocycles. The molecule has 2 aromatic carbocycles. The van der Waals surface area contributed by atoms with Gasteiger partial charge in [-0.1, -0.05) is 36.4 Å². The minimum atomic E-state index is -1.10. The van der Waals surface area contributed by atoms with Crippen molar-refractivity contribution < 1.29 is 24.5 Å². The standard InChI is InChI=1S/C20H24N2O5/c1-22(16-9-5-10-17(23)13-16)12-6-11-18(19(24)25)21-20(26)27-14-15-7-3-2-4-8-15/h2-5,7-10,13,18,23H,6,11-12,14H2,1H3,(H,21,26)(H,24,25). The van der Waals surface area contributed by atoms with Crippen molar-refractivity contribution in [1.82, 2.24) is 5.32 Å². The molecule has 0 aliphatic heterocycles. The van der Waals surface area contributed by atoms with E-state index in [1.165, 1.54) is 0 Å². The van der Waals surface area contributed by atoms with Crippen molar-refractivity contribution in [3.05, 3.63) is 60.2 Å².